The van der Waals surface area contributed by atoms with Crippen LogP contribution in [-0.2, 0) is 4.79 Å². The molecule has 0 radical (unpaired) electrons. The number of amides is 1. The summed E-state index contributed by atoms with van der Waals surface area (Å²) in [6.45, 7) is 4.81. The molecule has 1 amide bonds. The first-order chi connectivity index (χ1) is 11.7. The van der Waals surface area contributed by atoms with Crippen molar-refractivity contribution >= 4 is 35.8 Å². The fourth-order valence-electron chi connectivity index (χ4n) is 3.63. The second-order valence-electron chi connectivity index (χ2n) is 7.29. The van der Waals surface area contributed by atoms with Crippen molar-refractivity contribution in [2.45, 2.75) is 44.2 Å². The summed E-state index contributed by atoms with van der Waals surface area (Å²) < 4.78 is 0. The number of carbonyl (C=O) groups is 1. The van der Waals surface area contributed by atoms with Crippen molar-refractivity contribution in [1.82, 2.24) is 20.4 Å². The maximum Gasteiger partial charge on any atom is 0.234 e. The van der Waals surface area contributed by atoms with Gasteiger partial charge in [-0.3, -0.25) is 14.7 Å². The van der Waals surface area contributed by atoms with Gasteiger partial charge in [0.25, 0.3) is 0 Å². The molecule has 1 aliphatic heterocycles. The number of hydrogen-bond acceptors (Lipinski definition) is 4. The van der Waals surface area contributed by atoms with Crippen LogP contribution in [0.1, 0.15) is 32.1 Å². The number of rotatable bonds is 5. The van der Waals surface area contributed by atoms with Crippen LogP contribution in [0.15, 0.2) is 4.99 Å². The molecule has 3 fully saturated rings. The van der Waals surface area contributed by atoms with Crippen molar-refractivity contribution < 1.29 is 9.90 Å². The van der Waals surface area contributed by atoms with Crippen LogP contribution in [0.2, 0.25) is 0 Å². The molecule has 2 aliphatic carbocycles. The molecule has 0 bridgehead atoms. The summed E-state index contributed by atoms with van der Waals surface area (Å²) in [7, 11) is 1.81. The van der Waals surface area contributed by atoms with Crippen molar-refractivity contribution in [2.24, 2.45) is 10.9 Å². The zero-order chi connectivity index (χ0) is 16.9. The monoisotopic (exact) mass is 465 g/mol. The lowest BCUT2D eigenvalue weighted by molar-refractivity contribution is -0.122. The second-order valence-corrected chi connectivity index (χ2v) is 7.29. The van der Waals surface area contributed by atoms with Gasteiger partial charge in [-0.15, -0.1) is 24.0 Å². The predicted octanol–water partition coefficient (Wildman–Crippen LogP) is 0.237. The normalized spacial score (nSPS) is 27.8. The van der Waals surface area contributed by atoms with Gasteiger partial charge in [-0.1, -0.05) is 6.42 Å². The highest BCUT2D eigenvalue weighted by atomic mass is 127. The van der Waals surface area contributed by atoms with E-state index < -0.39 is 0 Å². The minimum absolute atomic E-state index is 0. The van der Waals surface area contributed by atoms with Crippen LogP contribution in [0, 0.1) is 5.92 Å². The first kappa shape index (κ1) is 20.7. The highest BCUT2D eigenvalue weighted by molar-refractivity contribution is 14.0. The first-order valence-corrected chi connectivity index (χ1v) is 9.31. The van der Waals surface area contributed by atoms with Gasteiger partial charge in [0.1, 0.15) is 0 Å². The van der Waals surface area contributed by atoms with Gasteiger partial charge in [-0.05, 0) is 25.7 Å². The number of aliphatic imine (C=N–C) groups is 1. The summed E-state index contributed by atoms with van der Waals surface area (Å²) in [5.41, 5.74) is 0. The maximum atomic E-state index is 11.9. The summed E-state index contributed by atoms with van der Waals surface area (Å²) in [5.74, 6) is 1.41. The quantitative estimate of drug-likeness (QED) is 0.308. The van der Waals surface area contributed by atoms with Crippen molar-refractivity contribution in [3.05, 3.63) is 0 Å². The van der Waals surface area contributed by atoms with E-state index in [1.165, 1.54) is 0 Å². The van der Waals surface area contributed by atoms with Crippen LogP contribution in [0.3, 0.4) is 0 Å². The average Bonchev–Trinajstić information content (AvgIpc) is 3.29. The number of hydrogen-bond donors (Lipinski definition) is 3. The van der Waals surface area contributed by atoms with E-state index in [0.717, 1.165) is 70.8 Å². The van der Waals surface area contributed by atoms with Gasteiger partial charge in [0.2, 0.25) is 5.91 Å². The summed E-state index contributed by atoms with van der Waals surface area (Å²) in [6, 6.07) is 0.438. The van der Waals surface area contributed by atoms with E-state index in [1.807, 2.05) is 7.05 Å². The second kappa shape index (κ2) is 9.91. The van der Waals surface area contributed by atoms with Crippen LogP contribution in [0.25, 0.3) is 0 Å². The standard InChI is InChI=1S/C17H31N5O2.HI/c1-18-17(19-11-13-3-2-4-15(13)23)22-9-7-21(8-10-22)12-16(24)20-14-5-6-14;/h13-15,23H,2-12H2,1H3,(H,18,19)(H,20,24);1H. The lowest BCUT2D eigenvalue weighted by Crippen LogP contribution is -2.54. The largest absolute Gasteiger partial charge is 0.393 e. The lowest BCUT2D eigenvalue weighted by Gasteiger charge is -2.36. The number of piperazine rings is 1. The molecule has 3 aliphatic rings. The molecule has 3 rings (SSSR count). The SMILES string of the molecule is CN=C(NCC1CCCC1O)N1CCN(CC(=O)NC2CC2)CC1.I. The van der Waals surface area contributed by atoms with Gasteiger partial charge in [-0.2, -0.15) is 0 Å². The molecule has 0 aromatic heterocycles. The molecule has 0 aromatic rings. The smallest absolute Gasteiger partial charge is 0.234 e. The predicted molar refractivity (Wildman–Crippen MR) is 109 cm³/mol. The van der Waals surface area contributed by atoms with Gasteiger partial charge in [0.15, 0.2) is 5.96 Å². The Morgan fingerprint density at radius 3 is 2.44 bits per heavy atom. The number of guanidine groups is 1. The summed E-state index contributed by atoms with van der Waals surface area (Å²) >= 11 is 0. The van der Waals surface area contributed by atoms with Crippen LogP contribution < -0.4 is 10.6 Å². The van der Waals surface area contributed by atoms with Crippen LogP contribution in [0.5, 0.6) is 0 Å². The van der Waals surface area contributed by atoms with E-state index in [1.54, 1.807) is 0 Å². The van der Waals surface area contributed by atoms with Crippen molar-refractivity contribution in [3.63, 3.8) is 0 Å². The van der Waals surface area contributed by atoms with Gasteiger partial charge in [-0.25, -0.2) is 0 Å². The van der Waals surface area contributed by atoms with E-state index in [9.17, 15) is 9.90 Å². The van der Waals surface area contributed by atoms with Crippen molar-refractivity contribution in [2.75, 3.05) is 46.3 Å². The molecule has 0 aromatic carbocycles. The van der Waals surface area contributed by atoms with Crippen LogP contribution in [0.4, 0.5) is 0 Å². The van der Waals surface area contributed by atoms with Crippen molar-refractivity contribution in [1.29, 1.82) is 0 Å². The molecule has 3 N–H and O–H groups in total. The molecule has 2 unspecified atom stereocenters. The average molecular weight is 465 g/mol. The number of nitrogens with zero attached hydrogens (tertiary/aromatic N) is 3. The Morgan fingerprint density at radius 2 is 1.88 bits per heavy atom. The molecular weight excluding hydrogens is 433 g/mol. The number of carbonyl (C=O) groups excluding carboxylic acids is 1. The van der Waals surface area contributed by atoms with Crippen LogP contribution >= 0.6 is 24.0 Å². The maximum absolute atomic E-state index is 11.9. The van der Waals surface area contributed by atoms with Crippen molar-refractivity contribution in [3.8, 4) is 0 Å². The first-order valence-electron chi connectivity index (χ1n) is 9.31. The fraction of sp³-hybridized carbons (Fsp3) is 0.882. The van der Waals surface area contributed by atoms with E-state index in [0.29, 0.717) is 18.5 Å². The minimum Gasteiger partial charge on any atom is -0.393 e. The Bertz CT molecular complexity index is 464. The van der Waals surface area contributed by atoms with E-state index in [2.05, 4.69) is 25.4 Å². The molecule has 2 atom stereocenters. The Hall–Kier alpha value is -0.610. The highest BCUT2D eigenvalue weighted by Gasteiger charge is 2.27. The molecule has 7 nitrogen and oxygen atoms in total. The molecule has 0 spiro atoms. The van der Waals surface area contributed by atoms with Gasteiger partial charge in [0.05, 0.1) is 12.6 Å². The molecular formula is C17H32IN5O2. The van der Waals surface area contributed by atoms with Gasteiger partial charge >= 0.3 is 0 Å². The van der Waals surface area contributed by atoms with Gasteiger partial charge in [0, 0.05) is 51.7 Å². The Morgan fingerprint density at radius 1 is 1.16 bits per heavy atom. The van der Waals surface area contributed by atoms with E-state index in [4.69, 9.17) is 0 Å². The third-order valence-corrected chi connectivity index (χ3v) is 5.33. The summed E-state index contributed by atoms with van der Waals surface area (Å²) in [4.78, 5) is 20.7. The fourth-order valence-corrected chi connectivity index (χ4v) is 3.63. The Kier molecular flexibility index (Phi) is 8.21. The topological polar surface area (TPSA) is 80.2 Å². The number of aliphatic hydroxyl groups is 1. The zero-order valence-corrected chi connectivity index (χ0v) is 17.4. The molecule has 2 saturated carbocycles. The molecule has 1 saturated heterocycles. The summed E-state index contributed by atoms with van der Waals surface area (Å²) in [6.07, 6.45) is 5.24. The number of aliphatic hydroxyl groups excluding tert-OH is 1. The van der Waals surface area contributed by atoms with Gasteiger partial charge < -0.3 is 20.6 Å². The lowest BCUT2D eigenvalue weighted by atomic mass is 10.1. The summed E-state index contributed by atoms with van der Waals surface area (Å²) in [5, 5.41) is 16.4. The molecule has 8 heteroatoms. The third-order valence-electron chi connectivity index (χ3n) is 5.33. The van der Waals surface area contributed by atoms with E-state index >= 15 is 0 Å². The van der Waals surface area contributed by atoms with E-state index in [-0.39, 0.29) is 36.0 Å². The molecule has 144 valence electrons. The van der Waals surface area contributed by atoms with Crippen LogP contribution in [-0.4, -0.2) is 85.2 Å². The number of halogens is 1. The minimum atomic E-state index is -0.169. The third kappa shape index (κ3) is 6.25. The molecule has 1 heterocycles. The number of nitrogens with one attached hydrogen (secondary N) is 2. The zero-order valence-electron chi connectivity index (χ0n) is 15.1. The molecule has 25 heavy (non-hydrogen) atoms. The Balaban J connectivity index is 0.00000225. The highest BCUT2D eigenvalue weighted by Crippen LogP contribution is 2.24. The Labute approximate surface area is 167 Å².